The van der Waals surface area contributed by atoms with Crippen molar-refractivity contribution in [2.45, 2.75) is 109 Å². The molecule has 0 unspecified atom stereocenters. The molecule has 12 heteroatoms. The average molecular weight is 732 g/mol. The Balaban J connectivity index is 1.72. The van der Waals surface area contributed by atoms with Crippen LogP contribution in [0.5, 0.6) is 0 Å². The summed E-state index contributed by atoms with van der Waals surface area (Å²) in [7, 11) is 3.14. The van der Waals surface area contributed by atoms with E-state index in [0.29, 0.717) is 38.6 Å². The van der Waals surface area contributed by atoms with Crippen molar-refractivity contribution in [1.29, 1.82) is 0 Å². The Kier molecular flexibility index (Phi) is 15.0. The van der Waals surface area contributed by atoms with Gasteiger partial charge >= 0.3 is 5.97 Å². The molecule has 2 N–H and O–H groups in total. The van der Waals surface area contributed by atoms with Gasteiger partial charge in [-0.25, -0.2) is 0 Å². The molecular formula is C41H57N5O7. The van der Waals surface area contributed by atoms with Gasteiger partial charge in [-0.15, -0.1) is 0 Å². The number of carbonyl (C=O) groups is 6. The predicted octanol–water partition coefficient (Wildman–Crippen LogP) is 3.52. The molecule has 2 aliphatic rings. The summed E-state index contributed by atoms with van der Waals surface area (Å²) in [4.78, 5) is 88.0. The number of esters is 1. The smallest absolute Gasteiger partial charge is 0.306 e. The zero-order valence-electron chi connectivity index (χ0n) is 32.1. The van der Waals surface area contributed by atoms with E-state index in [9.17, 15) is 28.8 Å². The number of carbonyl (C=O) groups excluding carboxylic acids is 6. The maximum atomic E-state index is 14.5. The molecule has 2 fully saturated rings. The number of hydrogen-bond acceptors (Lipinski definition) is 7. The van der Waals surface area contributed by atoms with Crippen LogP contribution in [0.25, 0.3) is 0 Å². The van der Waals surface area contributed by atoms with Crippen molar-refractivity contribution in [1.82, 2.24) is 25.3 Å². The van der Waals surface area contributed by atoms with Gasteiger partial charge in [-0.1, -0.05) is 88.4 Å². The molecule has 0 radical (unpaired) electrons. The number of amides is 5. The second kappa shape index (κ2) is 19.4. The second-order valence-corrected chi connectivity index (χ2v) is 15.1. The fraction of sp³-hybridized carbons (Fsp3) is 0.561. The highest BCUT2D eigenvalue weighted by molar-refractivity contribution is 5.96. The van der Waals surface area contributed by atoms with Gasteiger partial charge in [-0.05, 0) is 55.1 Å². The van der Waals surface area contributed by atoms with Crippen LogP contribution in [0, 0.1) is 11.8 Å². The van der Waals surface area contributed by atoms with Crippen LogP contribution in [0.3, 0.4) is 0 Å². The number of nitrogens with one attached hydrogen (secondary N) is 2. The monoisotopic (exact) mass is 731 g/mol. The van der Waals surface area contributed by atoms with Crippen molar-refractivity contribution in [3.8, 4) is 0 Å². The van der Waals surface area contributed by atoms with Gasteiger partial charge in [0.25, 0.3) is 5.91 Å². The maximum absolute atomic E-state index is 14.5. The molecule has 2 aromatic rings. The number of rotatable bonds is 7. The molecule has 2 aliphatic heterocycles. The number of hydrogen-bond donors (Lipinski definition) is 2. The minimum absolute atomic E-state index is 0.0401. The molecule has 2 saturated heterocycles. The fourth-order valence-corrected chi connectivity index (χ4v) is 7.26. The van der Waals surface area contributed by atoms with Gasteiger partial charge < -0.3 is 30.1 Å². The summed E-state index contributed by atoms with van der Waals surface area (Å²) < 4.78 is 5.76. The summed E-state index contributed by atoms with van der Waals surface area (Å²) >= 11 is 0. The molecule has 12 nitrogen and oxygen atoms in total. The topological polar surface area (TPSA) is 145 Å². The van der Waals surface area contributed by atoms with Crippen LogP contribution in [0.2, 0.25) is 0 Å². The Labute approximate surface area is 314 Å². The second-order valence-electron chi connectivity index (χ2n) is 15.1. The lowest BCUT2D eigenvalue weighted by atomic mass is 9.97. The number of benzene rings is 2. The van der Waals surface area contributed by atoms with E-state index in [4.69, 9.17) is 4.74 Å². The van der Waals surface area contributed by atoms with Crippen LogP contribution in [0.4, 0.5) is 0 Å². The summed E-state index contributed by atoms with van der Waals surface area (Å²) in [6, 6.07) is 14.9. The van der Waals surface area contributed by atoms with Gasteiger partial charge in [0.1, 0.15) is 24.2 Å². The molecule has 4 rings (SSSR count). The molecule has 5 atom stereocenters. The van der Waals surface area contributed by atoms with Crippen molar-refractivity contribution in [3.05, 3.63) is 71.8 Å². The first-order valence-electron chi connectivity index (χ1n) is 19.0. The predicted molar refractivity (Wildman–Crippen MR) is 201 cm³/mol. The average Bonchev–Trinajstić information content (AvgIpc) is 3.63. The molecule has 0 saturated carbocycles. The maximum Gasteiger partial charge on any atom is 0.306 e. The Morgan fingerprint density at radius 3 is 1.96 bits per heavy atom. The van der Waals surface area contributed by atoms with E-state index < -0.39 is 59.9 Å². The Hall–Kier alpha value is -4.74. The van der Waals surface area contributed by atoms with E-state index in [1.165, 1.54) is 14.7 Å². The first-order valence-corrected chi connectivity index (χ1v) is 19.0. The van der Waals surface area contributed by atoms with Gasteiger partial charge in [0.05, 0.1) is 0 Å². The minimum Gasteiger partial charge on any atom is -0.452 e. The van der Waals surface area contributed by atoms with E-state index in [1.807, 2.05) is 88.4 Å². The number of ether oxygens (including phenoxy) is 1. The molecule has 5 amide bonds. The quantitative estimate of drug-likeness (QED) is 0.415. The van der Waals surface area contributed by atoms with Crippen LogP contribution in [-0.4, -0.2) is 108 Å². The van der Waals surface area contributed by atoms with Crippen LogP contribution in [-0.2, 0) is 46.3 Å². The number of cyclic esters (lactones) is 1. The van der Waals surface area contributed by atoms with Gasteiger partial charge in [0.15, 0.2) is 6.10 Å². The summed E-state index contributed by atoms with van der Waals surface area (Å²) in [6.07, 6.45) is 1.56. The Bertz CT molecular complexity index is 1570. The molecule has 2 aromatic carbocycles. The standard InChI is InChI=1S/C41H57N5O7/c1-27(2)24-34-40(51)46-23-15-20-32(46)38(49)43-31(25-29-16-9-7-10-17-29)39(50)45(6)36(28(3)4)41(52)44(5)33(26-30-18-11-8-12-19-30)37(48)42-22-14-13-21-35(47)53-34/h7-12,16-19,27-28,31-34,36H,13-15,20-26H2,1-6H3,(H,42,48)(H,43,49)/t31-,32-,33-,34-,36-/m0/s1. The molecule has 0 bridgehead atoms. The molecular weight excluding hydrogens is 674 g/mol. The van der Waals surface area contributed by atoms with Crippen LogP contribution >= 0.6 is 0 Å². The summed E-state index contributed by atoms with van der Waals surface area (Å²) in [5.41, 5.74) is 1.67. The Morgan fingerprint density at radius 1 is 0.736 bits per heavy atom. The van der Waals surface area contributed by atoms with Crippen molar-refractivity contribution >= 4 is 35.5 Å². The SMILES string of the molecule is CC(C)C[C@@H]1OC(=O)CCCCNC(=O)[C@H](Cc2ccccc2)N(C)C(=O)[C@H](C(C)C)N(C)C(=O)[C@H](Cc2ccccc2)NC(=O)[C@@H]2CCCN2C1=O. The molecule has 0 aromatic heterocycles. The van der Waals surface area contributed by atoms with Gasteiger partial charge in [-0.2, -0.15) is 0 Å². The molecule has 0 aliphatic carbocycles. The molecule has 53 heavy (non-hydrogen) atoms. The third kappa shape index (κ3) is 11.1. The lowest BCUT2D eigenvalue weighted by molar-refractivity contribution is -0.162. The van der Waals surface area contributed by atoms with Crippen molar-refractivity contribution in [3.63, 3.8) is 0 Å². The lowest BCUT2D eigenvalue weighted by Gasteiger charge is -2.38. The van der Waals surface area contributed by atoms with E-state index in [1.54, 1.807) is 14.1 Å². The van der Waals surface area contributed by atoms with E-state index in [2.05, 4.69) is 10.6 Å². The first kappa shape index (κ1) is 41.0. The summed E-state index contributed by atoms with van der Waals surface area (Å²) in [5.74, 6) is -2.97. The van der Waals surface area contributed by atoms with Crippen molar-refractivity contribution in [2.75, 3.05) is 27.2 Å². The highest BCUT2D eigenvalue weighted by Crippen LogP contribution is 2.24. The Morgan fingerprint density at radius 2 is 1.36 bits per heavy atom. The highest BCUT2D eigenvalue weighted by atomic mass is 16.5. The number of likely N-dealkylation sites (N-methyl/N-ethyl adjacent to an activating group) is 2. The van der Waals surface area contributed by atoms with Crippen molar-refractivity contribution in [2.24, 2.45) is 11.8 Å². The first-order chi connectivity index (χ1) is 25.3. The van der Waals surface area contributed by atoms with Crippen molar-refractivity contribution < 1.29 is 33.5 Å². The minimum atomic E-state index is -1.06. The molecule has 2 heterocycles. The van der Waals surface area contributed by atoms with Crippen LogP contribution in [0.15, 0.2) is 60.7 Å². The zero-order chi connectivity index (χ0) is 38.7. The largest absolute Gasteiger partial charge is 0.452 e. The van der Waals surface area contributed by atoms with E-state index in [-0.39, 0.29) is 43.6 Å². The number of fused-ring (bicyclic) bond motifs is 1. The normalized spacial score (nSPS) is 24.8. The summed E-state index contributed by atoms with van der Waals surface area (Å²) in [6.45, 7) is 8.15. The highest BCUT2D eigenvalue weighted by Gasteiger charge is 2.42. The van der Waals surface area contributed by atoms with Gasteiger partial charge in [0, 0.05) is 46.4 Å². The van der Waals surface area contributed by atoms with Gasteiger partial charge in [0.2, 0.25) is 23.6 Å². The van der Waals surface area contributed by atoms with Crippen LogP contribution in [0.1, 0.15) is 77.3 Å². The van der Waals surface area contributed by atoms with Crippen LogP contribution < -0.4 is 10.6 Å². The molecule has 288 valence electrons. The lowest BCUT2D eigenvalue weighted by Crippen LogP contribution is -2.60. The summed E-state index contributed by atoms with van der Waals surface area (Å²) in [5, 5.41) is 5.89. The number of nitrogens with zero attached hydrogens (tertiary/aromatic N) is 3. The van der Waals surface area contributed by atoms with Gasteiger partial charge in [-0.3, -0.25) is 28.8 Å². The van der Waals surface area contributed by atoms with E-state index in [0.717, 1.165) is 11.1 Å². The fourth-order valence-electron chi connectivity index (χ4n) is 7.26. The third-order valence-electron chi connectivity index (χ3n) is 10.1. The van der Waals surface area contributed by atoms with E-state index >= 15 is 0 Å². The zero-order valence-corrected chi connectivity index (χ0v) is 32.1. The third-order valence-corrected chi connectivity index (χ3v) is 10.1. The molecule has 0 spiro atoms.